The summed E-state index contributed by atoms with van der Waals surface area (Å²) in [6, 6.07) is 6.52. The summed E-state index contributed by atoms with van der Waals surface area (Å²) in [5.74, 6) is 0.357. The van der Waals surface area contributed by atoms with Gasteiger partial charge in [0.2, 0.25) is 0 Å². The molecule has 0 unspecified atom stereocenters. The number of hydrogen-bond acceptors (Lipinski definition) is 5. The number of carbonyl (C=O) groups excluding carboxylic acids is 2. The zero-order valence-electron chi connectivity index (χ0n) is 16.1. The molecule has 2 aromatic heterocycles. The third-order valence-electron chi connectivity index (χ3n) is 5.04. The van der Waals surface area contributed by atoms with Gasteiger partial charge in [0.1, 0.15) is 19.0 Å². The fourth-order valence-electron chi connectivity index (χ4n) is 3.42. The van der Waals surface area contributed by atoms with Gasteiger partial charge in [-0.05, 0) is 25.0 Å². The predicted molar refractivity (Wildman–Crippen MR) is 102 cm³/mol. The second-order valence-corrected chi connectivity index (χ2v) is 6.97. The smallest absolute Gasteiger partial charge is 0.332 e. The van der Waals surface area contributed by atoms with E-state index in [4.69, 9.17) is 4.52 Å². The number of anilines is 1. The summed E-state index contributed by atoms with van der Waals surface area (Å²) in [6.45, 7) is 3.58. The number of carbonyl (C=O) groups is 2. The Bertz CT molecular complexity index is 1050. The highest BCUT2D eigenvalue weighted by atomic mass is 19.1. The number of imide groups is 1. The van der Waals surface area contributed by atoms with Crippen LogP contribution in [0, 0.1) is 13.8 Å². The molecular formula is C20H20FN5O3. The number of hydrogen-bond donors (Lipinski definition) is 0. The number of amides is 3. The van der Waals surface area contributed by atoms with Crippen LogP contribution < -0.4 is 4.90 Å². The van der Waals surface area contributed by atoms with Crippen LogP contribution in [0.25, 0.3) is 0 Å². The van der Waals surface area contributed by atoms with Crippen molar-refractivity contribution < 1.29 is 18.5 Å². The molecule has 0 aliphatic carbocycles. The summed E-state index contributed by atoms with van der Waals surface area (Å²) in [5, 5.41) is 8.17. The molecule has 0 N–H and O–H groups in total. The minimum atomic E-state index is -0.621. The van der Waals surface area contributed by atoms with E-state index in [0.717, 1.165) is 16.2 Å². The lowest BCUT2D eigenvalue weighted by atomic mass is 10.1. The highest BCUT2D eigenvalue weighted by molar-refractivity contribution is 6.19. The summed E-state index contributed by atoms with van der Waals surface area (Å²) in [4.78, 5) is 27.8. The molecule has 3 amide bonds. The standard InChI is InChI=1S/C20H20FN5O3/c1-13-18(14(2)29-23-13)11-25-10-17(8-22-25)26-19(27)12-24(20(26)28)9-16-6-4-3-5-15(16)7-21/h3-6,8,10H,7,9,11-12H2,1-2H3. The van der Waals surface area contributed by atoms with Gasteiger partial charge in [0.05, 0.1) is 24.1 Å². The minimum Gasteiger partial charge on any atom is -0.361 e. The Morgan fingerprint density at radius 1 is 1.14 bits per heavy atom. The molecule has 29 heavy (non-hydrogen) atoms. The number of nitrogens with zero attached hydrogens (tertiary/aromatic N) is 5. The van der Waals surface area contributed by atoms with Crippen LogP contribution in [0.2, 0.25) is 0 Å². The van der Waals surface area contributed by atoms with Crippen molar-refractivity contribution in [3.63, 3.8) is 0 Å². The molecule has 8 nitrogen and oxygen atoms in total. The van der Waals surface area contributed by atoms with Crippen molar-refractivity contribution in [1.29, 1.82) is 0 Å². The molecule has 1 aromatic carbocycles. The highest BCUT2D eigenvalue weighted by Crippen LogP contribution is 2.24. The number of urea groups is 1. The molecule has 1 aliphatic rings. The first-order chi connectivity index (χ1) is 14.0. The molecule has 0 radical (unpaired) electrons. The van der Waals surface area contributed by atoms with Crippen molar-refractivity contribution in [3.8, 4) is 0 Å². The normalized spacial score (nSPS) is 14.3. The monoisotopic (exact) mass is 397 g/mol. The lowest BCUT2D eigenvalue weighted by Gasteiger charge is -2.17. The van der Waals surface area contributed by atoms with Gasteiger partial charge in [-0.1, -0.05) is 29.4 Å². The van der Waals surface area contributed by atoms with Gasteiger partial charge in [0.25, 0.3) is 5.91 Å². The average Bonchev–Trinajstić information content (AvgIpc) is 3.37. The molecule has 9 heteroatoms. The van der Waals surface area contributed by atoms with Crippen molar-refractivity contribution in [2.75, 3.05) is 11.4 Å². The number of rotatable bonds is 6. The maximum atomic E-state index is 13.2. The largest absolute Gasteiger partial charge is 0.361 e. The fraction of sp³-hybridized carbons (Fsp3) is 0.300. The van der Waals surface area contributed by atoms with Gasteiger partial charge in [0.15, 0.2) is 0 Å². The number of aromatic nitrogens is 3. The van der Waals surface area contributed by atoms with Crippen molar-refractivity contribution in [1.82, 2.24) is 19.8 Å². The van der Waals surface area contributed by atoms with Crippen molar-refractivity contribution in [2.45, 2.75) is 33.6 Å². The van der Waals surface area contributed by atoms with E-state index in [1.807, 2.05) is 13.8 Å². The van der Waals surface area contributed by atoms with Crippen molar-refractivity contribution in [2.24, 2.45) is 0 Å². The van der Waals surface area contributed by atoms with E-state index in [0.29, 0.717) is 29.1 Å². The molecule has 1 aliphatic heterocycles. The Kier molecular flexibility index (Phi) is 4.87. The van der Waals surface area contributed by atoms with Gasteiger partial charge in [-0.25, -0.2) is 14.1 Å². The van der Waals surface area contributed by atoms with Crippen LogP contribution in [0.5, 0.6) is 0 Å². The van der Waals surface area contributed by atoms with E-state index in [-0.39, 0.29) is 19.0 Å². The molecule has 0 spiro atoms. The van der Waals surface area contributed by atoms with Crippen LogP contribution >= 0.6 is 0 Å². The molecule has 4 rings (SSSR count). The van der Waals surface area contributed by atoms with Crippen LogP contribution in [-0.2, 0) is 24.6 Å². The molecule has 0 saturated carbocycles. The third-order valence-corrected chi connectivity index (χ3v) is 5.04. The number of halogens is 1. The van der Waals surface area contributed by atoms with Gasteiger partial charge in [-0.3, -0.25) is 9.48 Å². The van der Waals surface area contributed by atoms with Crippen molar-refractivity contribution >= 4 is 17.6 Å². The van der Waals surface area contributed by atoms with Gasteiger partial charge in [0, 0.05) is 18.3 Å². The Hall–Kier alpha value is -3.49. The SMILES string of the molecule is Cc1noc(C)c1Cn1cc(N2C(=O)CN(Cc3ccccc3CF)C2=O)cn1. The molecule has 0 bridgehead atoms. The van der Waals surface area contributed by atoms with Crippen LogP contribution in [-0.4, -0.2) is 38.3 Å². The van der Waals surface area contributed by atoms with E-state index >= 15 is 0 Å². The molecule has 0 atom stereocenters. The lowest BCUT2D eigenvalue weighted by Crippen LogP contribution is -2.32. The summed E-state index contributed by atoms with van der Waals surface area (Å²) in [6.07, 6.45) is 3.12. The Morgan fingerprint density at radius 2 is 1.90 bits per heavy atom. The van der Waals surface area contributed by atoms with Crippen LogP contribution in [0.3, 0.4) is 0 Å². The van der Waals surface area contributed by atoms with Gasteiger partial charge in [-0.15, -0.1) is 0 Å². The molecule has 3 heterocycles. The van der Waals surface area contributed by atoms with Crippen LogP contribution in [0.4, 0.5) is 14.9 Å². The highest BCUT2D eigenvalue weighted by Gasteiger charge is 2.38. The number of aryl methyl sites for hydroxylation is 2. The molecule has 1 saturated heterocycles. The summed E-state index contributed by atoms with van der Waals surface area (Å²) < 4.78 is 20.0. The Morgan fingerprint density at radius 3 is 2.59 bits per heavy atom. The maximum absolute atomic E-state index is 13.2. The van der Waals surface area contributed by atoms with Gasteiger partial charge in [-0.2, -0.15) is 5.10 Å². The summed E-state index contributed by atoms with van der Waals surface area (Å²) in [5.41, 5.74) is 3.27. The predicted octanol–water partition coefficient (Wildman–Crippen LogP) is 2.97. The average molecular weight is 397 g/mol. The van der Waals surface area contributed by atoms with E-state index in [9.17, 15) is 14.0 Å². The van der Waals surface area contributed by atoms with Gasteiger partial charge >= 0.3 is 6.03 Å². The molecule has 3 aromatic rings. The summed E-state index contributed by atoms with van der Waals surface area (Å²) >= 11 is 0. The van der Waals surface area contributed by atoms with E-state index in [1.54, 1.807) is 35.1 Å². The minimum absolute atomic E-state index is 0.0610. The lowest BCUT2D eigenvalue weighted by molar-refractivity contribution is -0.116. The second-order valence-electron chi connectivity index (χ2n) is 6.97. The van der Waals surface area contributed by atoms with E-state index < -0.39 is 12.7 Å². The summed E-state index contributed by atoms with van der Waals surface area (Å²) in [7, 11) is 0. The maximum Gasteiger partial charge on any atom is 0.332 e. The second kappa shape index (κ2) is 7.50. The first kappa shape index (κ1) is 18.9. The molecular weight excluding hydrogens is 377 g/mol. The Labute approximate surface area is 166 Å². The van der Waals surface area contributed by atoms with E-state index in [1.165, 1.54) is 11.1 Å². The van der Waals surface area contributed by atoms with E-state index in [2.05, 4.69) is 10.3 Å². The first-order valence-corrected chi connectivity index (χ1v) is 9.16. The third kappa shape index (κ3) is 3.51. The number of alkyl halides is 1. The van der Waals surface area contributed by atoms with Crippen LogP contribution in [0.15, 0.2) is 41.2 Å². The van der Waals surface area contributed by atoms with Crippen LogP contribution in [0.1, 0.15) is 28.1 Å². The Balaban J connectivity index is 1.52. The molecule has 150 valence electrons. The fourth-order valence-corrected chi connectivity index (χ4v) is 3.42. The quantitative estimate of drug-likeness (QED) is 0.597. The zero-order valence-corrected chi connectivity index (χ0v) is 16.1. The first-order valence-electron chi connectivity index (χ1n) is 9.16. The molecule has 1 fully saturated rings. The van der Waals surface area contributed by atoms with Crippen molar-refractivity contribution in [3.05, 3.63) is 64.8 Å². The zero-order chi connectivity index (χ0) is 20.5. The van der Waals surface area contributed by atoms with Gasteiger partial charge < -0.3 is 9.42 Å². The topological polar surface area (TPSA) is 84.5 Å². The number of benzene rings is 1.